The van der Waals surface area contributed by atoms with E-state index < -0.39 is 0 Å². The van der Waals surface area contributed by atoms with Crippen LogP contribution in [0.1, 0.15) is 23.0 Å². The molecule has 0 radical (unpaired) electrons. The molecule has 100 valence electrons. The van der Waals surface area contributed by atoms with E-state index >= 15 is 0 Å². The lowest BCUT2D eigenvalue weighted by Crippen LogP contribution is -2.18. The van der Waals surface area contributed by atoms with Crippen LogP contribution in [0.4, 0.5) is 5.69 Å². The fourth-order valence-corrected chi connectivity index (χ4v) is 1.92. The molecule has 1 atom stereocenters. The van der Waals surface area contributed by atoms with Gasteiger partial charge in [-0.15, -0.1) is 0 Å². The van der Waals surface area contributed by atoms with E-state index in [0.717, 1.165) is 17.9 Å². The number of carbonyl (C=O) groups excluding carboxylic acids is 1. The van der Waals surface area contributed by atoms with Crippen LogP contribution in [0.15, 0.2) is 47.1 Å². The van der Waals surface area contributed by atoms with Crippen LogP contribution in [-0.2, 0) is 11.2 Å². The first-order chi connectivity index (χ1) is 9.19. The third-order valence-corrected chi connectivity index (χ3v) is 2.78. The van der Waals surface area contributed by atoms with Gasteiger partial charge in [0.2, 0.25) is 0 Å². The average Bonchev–Trinajstić information content (AvgIpc) is 2.90. The minimum Gasteiger partial charge on any atom is -0.469 e. The molecule has 1 unspecified atom stereocenters. The summed E-state index contributed by atoms with van der Waals surface area (Å²) in [5.41, 5.74) is 1.43. The zero-order valence-electron chi connectivity index (χ0n) is 11.1. The van der Waals surface area contributed by atoms with E-state index in [1.165, 1.54) is 7.11 Å². The highest BCUT2D eigenvalue weighted by atomic mass is 16.5. The molecule has 0 aliphatic heterocycles. The molecule has 1 heterocycles. The summed E-state index contributed by atoms with van der Waals surface area (Å²) in [6, 6.07) is 11.3. The number of ether oxygens (including phenoxy) is 1. The standard InChI is InChI=1S/C15H17NO3/c1-11(9-14-7-4-8-19-14)16-13-6-3-5-12(10-13)15(17)18-2/h3-8,10-11,16H,9H2,1-2H3. The van der Waals surface area contributed by atoms with Crippen molar-refractivity contribution in [2.45, 2.75) is 19.4 Å². The van der Waals surface area contributed by atoms with E-state index in [9.17, 15) is 4.79 Å². The van der Waals surface area contributed by atoms with Crippen molar-refractivity contribution in [2.75, 3.05) is 12.4 Å². The van der Waals surface area contributed by atoms with Gasteiger partial charge in [0, 0.05) is 18.2 Å². The molecule has 1 aromatic carbocycles. The van der Waals surface area contributed by atoms with Crippen molar-refractivity contribution in [1.29, 1.82) is 0 Å². The number of carbonyl (C=O) groups is 1. The number of benzene rings is 1. The number of methoxy groups -OCH3 is 1. The minimum atomic E-state index is -0.331. The zero-order valence-corrected chi connectivity index (χ0v) is 11.1. The number of esters is 1. The Bertz CT molecular complexity index is 534. The van der Waals surface area contributed by atoms with Gasteiger partial charge in [-0.1, -0.05) is 6.07 Å². The highest BCUT2D eigenvalue weighted by Crippen LogP contribution is 2.14. The first kappa shape index (κ1) is 13.2. The Morgan fingerprint density at radius 1 is 1.37 bits per heavy atom. The van der Waals surface area contributed by atoms with Gasteiger partial charge in [0.05, 0.1) is 18.9 Å². The van der Waals surface area contributed by atoms with Gasteiger partial charge in [-0.3, -0.25) is 0 Å². The minimum absolute atomic E-state index is 0.207. The second kappa shape index (κ2) is 6.09. The van der Waals surface area contributed by atoms with Crippen LogP contribution in [0, 0.1) is 0 Å². The van der Waals surface area contributed by atoms with Crippen molar-refractivity contribution in [3.63, 3.8) is 0 Å². The van der Waals surface area contributed by atoms with E-state index in [1.807, 2.05) is 24.3 Å². The molecule has 2 aromatic rings. The molecule has 0 aliphatic carbocycles. The van der Waals surface area contributed by atoms with Gasteiger partial charge < -0.3 is 14.5 Å². The highest BCUT2D eigenvalue weighted by Gasteiger charge is 2.08. The number of anilines is 1. The fourth-order valence-electron chi connectivity index (χ4n) is 1.92. The van der Waals surface area contributed by atoms with Gasteiger partial charge in [0.25, 0.3) is 0 Å². The van der Waals surface area contributed by atoms with Gasteiger partial charge >= 0.3 is 5.97 Å². The van der Waals surface area contributed by atoms with Crippen LogP contribution in [-0.4, -0.2) is 19.1 Å². The highest BCUT2D eigenvalue weighted by molar-refractivity contribution is 5.90. The Morgan fingerprint density at radius 2 is 2.21 bits per heavy atom. The molecule has 0 aliphatic rings. The van der Waals surface area contributed by atoms with Gasteiger partial charge in [-0.05, 0) is 37.3 Å². The first-order valence-corrected chi connectivity index (χ1v) is 6.16. The van der Waals surface area contributed by atoms with Crippen molar-refractivity contribution in [1.82, 2.24) is 0 Å². The summed E-state index contributed by atoms with van der Waals surface area (Å²) in [6.45, 7) is 2.06. The number of nitrogens with one attached hydrogen (secondary N) is 1. The van der Waals surface area contributed by atoms with Crippen molar-refractivity contribution in [3.8, 4) is 0 Å². The van der Waals surface area contributed by atoms with Gasteiger partial charge in [-0.25, -0.2) is 4.79 Å². The Balaban J connectivity index is 2.00. The number of rotatable bonds is 5. The molecule has 2 rings (SSSR count). The fraction of sp³-hybridized carbons (Fsp3) is 0.267. The molecule has 1 aromatic heterocycles. The van der Waals surface area contributed by atoms with E-state index in [-0.39, 0.29) is 12.0 Å². The molecule has 0 bridgehead atoms. The Hall–Kier alpha value is -2.23. The summed E-state index contributed by atoms with van der Waals surface area (Å²) in [5.74, 6) is 0.603. The van der Waals surface area contributed by atoms with E-state index in [1.54, 1.807) is 18.4 Å². The van der Waals surface area contributed by atoms with E-state index in [4.69, 9.17) is 9.15 Å². The zero-order chi connectivity index (χ0) is 13.7. The van der Waals surface area contributed by atoms with Crippen LogP contribution in [0.3, 0.4) is 0 Å². The Labute approximate surface area is 112 Å². The summed E-state index contributed by atoms with van der Waals surface area (Å²) in [4.78, 5) is 11.4. The average molecular weight is 259 g/mol. The maximum absolute atomic E-state index is 11.4. The van der Waals surface area contributed by atoms with Crippen molar-refractivity contribution in [3.05, 3.63) is 54.0 Å². The Morgan fingerprint density at radius 3 is 2.89 bits per heavy atom. The number of hydrogen-bond acceptors (Lipinski definition) is 4. The molecule has 0 saturated carbocycles. The number of hydrogen-bond donors (Lipinski definition) is 1. The van der Waals surface area contributed by atoms with Crippen LogP contribution >= 0.6 is 0 Å². The molecule has 0 spiro atoms. The van der Waals surface area contributed by atoms with Crippen LogP contribution in [0.25, 0.3) is 0 Å². The third-order valence-electron chi connectivity index (χ3n) is 2.78. The lowest BCUT2D eigenvalue weighted by molar-refractivity contribution is 0.0601. The largest absolute Gasteiger partial charge is 0.469 e. The molecule has 0 fully saturated rings. The molecule has 4 heteroatoms. The lowest BCUT2D eigenvalue weighted by Gasteiger charge is -2.14. The molecule has 4 nitrogen and oxygen atoms in total. The van der Waals surface area contributed by atoms with Crippen molar-refractivity contribution >= 4 is 11.7 Å². The van der Waals surface area contributed by atoms with Gasteiger partial charge in [-0.2, -0.15) is 0 Å². The van der Waals surface area contributed by atoms with Crippen LogP contribution in [0.2, 0.25) is 0 Å². The maximum atomic E-state index is 11.4. The third kappa shape index (κ3) is 3.61. The quantitative estimate of drug-likeness (QED) is 0.838. The molecule has 0 saturated heterocycles. The second-order valence-corrected chi connectivity index (χ2v) is 4.40. The van der Waals surface area contributed by atoms with Crippen LogP contribution < -0.4 is 5.32 Å². The summed E-state index contributed by atoms with van der Waals surface area (Å²) in [5, 5.41) is 3.33. The molecule has 0 amide bonds. The first-order valence-electron chi connectivity index (χ1n) is 6.16. The van der Waals surface area contributed by atoms with Crippen molar-refractivity contribution in [2.24, 2.45) is 0 Å². The second-order valence-electron chi connectivity index (χ2n) is 4.40. The smallest absolute Gasteiger partial charge is 0.337 e. The SMILES string of the molecule is COC(=O)c1cccc(NC(C)Cc2ccco2)c1. The molecular weight excluding hydrogens is 242 g/mol. The number of furan rings is 1. The monoisotopic (exact) mass is 259 g/mol. The normalized spacial score (nSPS) is 11.9. The van der Waals surface area contributed by atoms with Crippen molar-refractivity contribution < 1.29 is 13.9 Å². The topological polar surface area (TPSA) is 51.5 Å². The summed E-state index contributed by atoms with van der Waals surface area (Å²) < 4.78 is 10.0. The summed E-state index contributed by atoms with van der Waals surface area (Å²) in [7, 11) is 1.38. The molecular formula is C15H17NO3. The van der Waals surface area contributed by atoms with Crippen LogP contribution in [0.5, 0.6) is 0 Å². The summed E-state index contributed by atoms with van der Waals surface area (Å²) in [6.07, 6.45) is 2.45. The van der Waals surface area contributed by atoms with E-state index in [2.05, 4.69) is 12.2 Å². The summed E-state index contributed by atoms with van der Waals surface area (Å²) >= 11 is 0. The molecule has 1 N–H and O–H groups in total. The predicted octanol–water partition coefficient (Wildman–Crippen LogP) is 3.11. The predicted molar refractivity (Wildman–Crippen MR) is 73.3 cm³/mol. The lowest BCUT2D eigenvalue weighted by atomic mass is 10.1. The Kier molecular flexibility index (Phi) is 4.23. The van der Waals surface area contributed by atoms with Gasteiger partial charge in [0.15, 0.2) is 0 Å². The van der Waals surface area contributed by atoms with E-state index in [0.29, 0.717) is 5.56 Å². The van der Waals surface area contributed by atoms with Gasteiger partial charge in [0.1, 0.15) is 5.76 Å². The molecule has 19 heavy (non-hydrogen) atoms. The maximum Gasteiger partial charge on any atom is 0.337 e.